The summed E-state index contributed by atoms with van der Waals surface area (Å²) in [5.41, 5.74) is 0.471. The molecule has 1 fully saturated rings. The van der Waals surface area contributed by atoms with Crippen LogP contribution in [0, 0.1) is 0 Å². The fourth-order valence-corrected chi connectivity index (χ4v) is 3.72. The zero-order valence-electron chi connectivity index (χ0n) is 17.0. The van der Waals surface area contributed by atoms with Crippen molar-refractivity contribution in [1.82, 2.24) is 9.80 Å². The van der Waals surface area contributed by atoms with Crippen LogP contribution >= 0.6 is 15.9 Å². The highest BCUT2D eigenvalue weighted by Gasteiger charge is 2.34. The number of nitrogens with one attached hydrogen (secondary N) is 1. The van der Waals surface area contributed by atoms with E-state index >= 15 is 0 Å². The van der Waals surface area contributed by atoms with Gasteiger partial charge in [-0.2, -0.15) is 13.2 Å². The first-order chi connectivity index (χ1) is 14.1. The Kier molecular flexibility index (Phi) is 7.21. The minimum atomic E-state index is -4.49. The van der Waals surface area contributed by atoms with E-state index in [0.29, 0.717) is 0 Å². The van der Waals surface area contributed by atoms with Crippen LogP contribution in [0.15, 0.2) is 46.9 Å². The Morgan fingerprint density at radius 1 is 1.10 bits per heavy atom. The molecule has 3 rings (SSSR count). The van der Waals surface area contributed by atoms with Crippen molar-refractivity contribution in [2.24, 2.45) is 0 Å². The highest BCUT2D eigenvalue weighted by molar-refractivity contribution is 9.10. The number of likely N-dealkylation sites (N-methyl/N-ethyl adjacent to an activating group) is 1. The molecule has 2 aromatic rings. The molecule has 2 aromatic carbocycles. The summed E-state index contributed by atoms with van der Waals surface area (Å²) >= 11 is 3.34. The molecule has 4 nitrogen and oxygen atoms in total. The smallest absolute Gasteiger partial charge is 0.326 e. The minimum Gasteiger partial charge on any atom is -0.326 e. The van der Waals surface area contributed by atoms with Gasteiger partial charge in [0.15, 0.2) is 0 Å². The van der Waals surface area contributed by atoms with E-state index in [-0.39, 0.29) is 23.7 Å². The maximum absolute atomic E-state index is 13.7. The molecule has 30 heavy (non-hydrogen) atoms. The summed E-state index contributed by atoms with van der Waals surface area (Å²) in [5, 5.41) is 2.63. The Hall–Kier alpha value is -1.90. The summed E-state index contributed by atoms with van der Waals surface area (Å²) in [4.78, 5) is 16.8. The van der Waals surface area contributed by atoms with Gasteiger partial charge in [-0.05, 0) is 49.4 Å². The van der Waals surface area contributed by atoms with Crippen molar-refractivity contribution >= 4 is 27.5 Å². The number of carbonyl (C=O) groups excluding carboxylic acids is 1. The average Bonchev–Trinajstić information content (AvgIpc) is 2.70. The Morgan fingerprint density at radius 2 is 1.73 bits per heavy atom. The Bertz CT molecular complexity index is 878. The van der Waals surface area contributed by atoms with Gasteiger partial charge in [0.1, 0.15) is 0 Å². The van der Waals surface area contributed by atoms with Crippen molar-refractivity contribution in [3.8, 4) is 0 Å². The number of rotatable bonds is 5. The van der Waals surface area contributed by atoms with Crippen molar-refractivity contribution in [2.75, 3.05) is 38.5 Å². The van der Waals surface area contributed by atoms with Crippen LogP contribution in [0.1, 0.15) is 29.5 Å². The van der Waals surface area contributed by atoms with E-state index in [4.69, 9.17) is 0 Å². The minimum absolute atomic E-state index is 0.151. The van der Waals surface area contributed by atoms with Crippen LogP contribution in [0.4, 0.5) is 18.9 Å². The van der Waals surface area contributed by atoms with Crippen LogP contribution in [0.3, 0.4) is 0 Å². The predicted molar refractivity (Wildman–Crippen MR) is 115 cm³/mol. The van der Waals surface area contributed by atoms with E-state index in [1.807, 2.05) is 36.2 Å². The number of hydrogen-bond donors (Lipinski definition) is 1. The topological polar surface area (TPSA) is 35.6 Å². The maximum Gasteiger partial charge on any atom is 0.416 e. The van der Waals surface area contributed by atoms with Gasteiger partial charge in [0.2, 0.25) is 5.91 Å². The molecule has 1 saturated heterocycles. The number of alkyl halides is 3. The summed E-state index contributed by atoms with van der Waals surface area (Å²) in [6, 6.07) is 11.3. The molecule has 1 atom stereocenters. The summed E-state index contributed by atoms with van der Waals surface area (Å²) in [7, 11) is 2.01. The van der Waals surface area contributed by atoms with E-state index in [1.165, 1.54) is 6.07 Å². The molecule has 0 bridgehead atoms. The van der Waals surface area contributed by atoms with Gasteiger partial charge in [-0.15, -0.1) is 0 Å². The molecule has 1 aliphatic rings. The number of hydrogen-bond acceptors (Lipinski definition) is 3. The van der Waals surface area contributed by atoms with Crippen LogP contribution in [-0.2, 0) is 17.5 Å². The summed E-state index contributed by atoms with van der Waals surface area (Å²) in [6.45, 7) is 5.11. The van der Waals surface area contributed by atoms with Crippen molar-refractivity contribution < 1.29 is 18.0 Å². The zero-order valence-corrected chi connectivity index (χ0v) is 18.6. The van der Waals surface area contributed by atoms with Crippen molar-refractivity contribution in [2.45, 2.75) is 25.6 Å². The Balaban J connectivity index is 1.75. The van der Waals surface area contributed by atoms with Gasteiger partial charge in [-0.1, -0.05) is 34.1 Å². The number of piperazine rings is 1. The van der Waals surface area contributed by atoms with Gasteiger partial charge in [0, 0.05) is 42.9 Å². The van der Waals surface area contributed by atoms with Crippen LogP contribution in [-0.4, -0.2) is 48.9 Å². The average molecular weight is 484 g/mol. The quantitative estimate of drug-likeness (QED) is 0.652. The van der Waals surface area contributed by atoms with Crippen LogP contribution in [0.5, 0.6) is 0 Å². The highest BCUT2D eigenvalue weighted by atomic mass is 79.9. The number of halogens is 4. The van der Waals surface area contributed by atoms with Gasteiger partial charge < -0.3 is 10.2 Å². The first kappa shape index (κ1) is 22.8. The Labute approximate surface area is 183 Å². The van der Waals surface area contributed by atoms with Gasteiger partial charge in [0.05, 0.1) is 11.5 Å². The molecule has 0 aromatic heterocycles. The Morgan fingerprint density at radius 3 is 2.33 bits per heavy atom. The molecule has 162 valence electrons. The lowest BCUT2D eigenvalue weighted by molar-refractivity contribution is -0.138. The van der Waals surface area contributed by atoms with Gasteiger partial charge in [0.25, 0.3) is 0 Å². The molecule has 1 heterocycles. The highest BCUT2D eigenvalue weighted by Crippen LogP contribution is 2.35. The van der Waals surface area contributed by atoms with Crippen LogP contribution in [0.2, 0.25) is 0 Å². The molecule has 1 unspecified atom stereocenters. The normalized spacial score (nSPS) is 17.0. The van der Waals surface area contributed by atoms with E-state index in [9.17, 15) is 18.0 Å². The lowest BCUT2D eigenvalue weighted by atomic mass is 10.00. The van der Waals surface area contributed by atoms with Crippen LogP contribution in [0.25, 0.3) is 0 Å². The number of anilines is 1. The van der Waals surface area contributed by atoms with E-state index in [2.05, 4.69) is 26.1 Å². The van der Waals surface area contributed by atoms with Gasteiger partial charge in [-0.25, -0.2) is 0 Å². The van der Waals surface area contributed by atoms with E-state index in [1.54, 1.807) is 13.0 Å². The molecule has 1 N–H and O–H groups in total. The molecule has 0 radical (unpaired) electrons. The molecular weight excluding hydrogens is 459 g/mol. The van der Waals surface area contributed by atoms with E-state index in [0.717, 1.165) is 42.3 Å². The van der Waals surface area contributed by atoms with E-state index < -0.39 is 17.7 Å². The second-order valence-electron chi connectivity index (χ2n) is 7.71. The first-order valence-corrected chi connectivity index (χ1v) is 10.6. The van der Waals surface area contributed by atoms with Gasteiger partial charge in [-0.3, -0.25) is 9.69 Å². The second-order valence-corrected chi connectivity index (χ2v) is 8.63. The SMILES string of the molecule is CC(C(=O)Nc1ccc(CN2CCN(C)CC2)c(C(F)(F)F)c1)c1ccc(Br)cc1. The summed E-state index contributed by atoms with van der Waals surface area (Å²) in [5.74, 6) is -0.838. The largest absolute Gasteiger partial charge is 0.416 e. The molecule has 1 aliphatic heterocycles. The van der Waals surface area contributed by atoms with Crippen LogP contribution < -0.4 is 5.32 Å². The number of carbonyl (C=O) groups is 1. The standard InChI is InChI=1S/C22H25BrF3N3O/c1-15(16-3-6-18(23)7-4-16)21(30)27-19-8-5-17(20(13-19)22(24,25)26)14-29-11-9-28(2)10-12-29/h3-8,13,15H,9-12,14H2,1-2H3,(H,27,30). The number of amides is 1. The zero-order chi connectivity index (χ0) is 21.9. The first-order valence-electron chi connectivity index (χ1n) is 9.81. The third-order valence-corrected chi connectivity index (χ3v) is 5.96. The predicted octanol–water partition coefficient (Wildman–Crippen LogP) is 4.96. The number of benzene rings is 2. The van der Waals surface area contributed by atoms with Crippen molar-refractivity contribution in [3.05, 3.63) is 63.6 Å². The molecule has 0 saturated carbocycles. The fourth-order valence-electron chi connectivity index (χ4n) is 3.46. The third kappa shape index (κ3) is 5.83. The lowest BCUT2D eigenvalue weighted by Gasteiger charge is -2.33. The lowest BCUT2D eigenvalue weighted by Crippen LogP contribution is -2.44. The summed E-state index contributed by atoms with van der Waals surface area (Å²) < 4.78 is 42.0. The maximum atomic E-state index is 13.7. The van der Waals surface area contributed by atoms with Gasteiger partial charge >= 0.3 is 6.18 Å². The molecular formula is C22H25BrF3N3O. The molecule has 0 aliphatic carbocycles. The summed E-state index contributed by atoms with van der Waals surface area (Å²) in [6.07, 6.45) is -4.49. The monoisotopic (exact) mass is 483 g/mol. The van der Waals surface area contributed by atoms with Crippen molar-refractivity contribution in [1.29, 1.82) is 0 Å². The number of nitrogens with zero attached hydrogens (tertiary/aromatic N) is 2. The molecule has 8 heteroatoms. The second kappa shape index (κ2) is 9.49. The molecule has 0 spiro atoms. The third-order valence-electron chi connectivity index (χ3n) is 5.44. The fraction of sp³-hybridized carbons (Fsp3) is 0.409. The molecule has 1 amide bonds. The van der Waals surface area contributed by atoms with Crippen molar-refractivity contribution in [3.63, 3.8) is 0 Å².